The minimum atomic E-state index is -0.00870. The molecule has 2 N–H and O–H groups in total. The number of ether oxygens (including phenoxy) is 1. The van der Waals surface area contributed by atoms with Gasteiger partial charge in [0.05, 0.1) is 12.2 Å². The van der Waals surface area contributed by atoms with Crippen molar-refractivity contribution in [3.8, 4) is 0 Å². The number of nitrogens with two attached hydrogens (primary N) is 1. The monoisotopic (exact) mass is 339 g/mol. The van der Waals surface area contributed by atoms with Gasteiger partial charge in [-0.2, -0.15) is 0 Å². The first-order valence-electron chi connectivity index (χ1n) is 7.62. The van der Waals surface area contributed by atoms with Gasteiger partial charge in [-0.15, -0.1) is 0 Å². The Balaban J connectivity index is 2.07. The van der Waals surface area contributed by atoms with Gasteiger partial charge in [0.1, 0.15) is 0 Å². The molecule has 1 aromatic carbocycles. The van der Waals surface area contributed by atoms with E-state index in [0.717, 1.165) is 29.2 Å². The van der Waals surface area contributed by atoms with Crippen molar-refractivity contribution in [3.05, 3.63) is 34.3 Å². The van der Waals surface area contributed by atoms with Crippen molar-refractivity contribution in [1.82, 2.24) is 0 Å². The lowest BCUT2D eigenvalue weighted by atomic mass is 9.81. The molecule has 0 amide bonds. The molecule has 1 saturated carbocycles. The summed E-state index contributed by atoms with van der Waals surface area (Å²) in [6.45, 7) is 6.68. The largest absolute Gasteiger partial charge is 0.369 e. The number of rotatable bonds is 4. The highest BCUT2D eigenvalue weighted by atomic mass is 79.9. The van der Waals surface area contributed by atoms with Crippen molar-refractivity contribution < 1.29 is 4.74 Å². The van der Waals surface area contributed by atoms with Crippen molar-refractivity contribution in [2.75, 3.05) is 0 Å². The summed E-state index contributed by atoms with van der Waals surface area (Å²) >= 11 is 3.47. The van der Waals surface area contributed by atoms with Crippen LogP contribution in [0.4, 0.5) is 0 Å². The maximum atomic E-state index is 6.38. The SMILES string of the molecule is CC1CC(C)CC(OC(c2ccc(Br)cc2)C(C)N)C1. The molecule has 112 valence electrons. The van der Waals surface area contributed by atoms with Crippen LogP contribution in [0.15, 0.2) is 28.7 Å². The first kappa shape index (κ1) is 16.0. The molecular weight excluding hydrogens is 314 g/mol. The average molecular weight is 340 g/mol. The topological polar surface area (TPSA) is 35.2 Å². The van der Waals surface area contributed by atoms with E-state index in [1.54, 1.807) is 0 Å². The molecule has 20 heavy (non-hydrogen) atoms. The molecule has 0 saturated heterocycles. The van der Waals surface area contributed by atoms with E-state index in [1.807, 2.05) is 6.92 Å². The van der Waals surface area contributed by atoms with Crippen molar-refractivity contribution in [3.63, 3.8) is 0 Å². The molecule has 0 bridgehead atoms. The number of hydrogen-bond acceptors (Lipinski definition) is 2. The van der Waals surface area contributed by atoms with E-state index < -0.39 is 0 Å². The van der Waals surface area contributed by atoms with Crippen LogP contribution >= 0.6 is 15.9 Å². The van der Waals surface area contributed by atoms with Gasteiger partial charge >= 0.3 is 0 Å². The van der Waals surface area contributed by atoms with Gasteiger partial charge < -0.3 is 10.5 Å². The Bertz CT molecular complexity index is 408. The Morgan fingerprint density at radius 3 is 2.15 bits per heavy atom. The van der Waals surface area contributed by atoms with E-state index in [0.29, 0.717) is 6.10 Å². The van der Waals surface area contributed by atoms with Crippen LogP contribution in [0, 0.1) is 11.8 Å². The highest BCUT2D eigenvalue weighted by Crippen LogP contribution is 2.34. The zero-order chi connectivity index (χ0) is 14.7. The van der Waals surface area contributed by atoms with Crippen molar-refractivity contribution in [2.45, 2.75) is 58.3 Å². The normalized spacial score (nSPS) is 29.9. The zero-order valence-corrected chi connectivity index (χ0v) is 14.3. The molecule has 0 radical (unpaired) electrons. The van der Waals surface area contributed by atoms with Gasteiger partial charge in [0.25, 0.3) is 0 Å². The fraction of sp³-hybridized carbons (Fsp3) is 0.647. The van der Waals surface area contributed by atoms with E-state index in [4.69, 9.17) is 10.5 Å². The summed E-state index contributed by atoms with van der Waals surface area (Å²) in [5.41, 5.74) is 7.33. The molecule has 2 rings (SSSR count). The summed E-state index contributed by atoms with van der Waals surface area (Å²) in [7, 11) is 0. The van der Waals surface area contributed by atoms with Gasteiger partial charge in [0.15, 0.2) is 0 Å². The van der Waals surface area contributed by atoms with E-state index in [2.05, 4.69) is 54.0 Å². The standard InChI is InChI=1S/C17H26BrNO/c1-11-8-12(2)10-16(9-11)20-17(13(3)19)14-4-6-15(18)7-5-14/h4-7,11-13,16-17H,8-10,19H2,1-3H3. The third-order valence-corrected chi connectivity index (χ3v) is 4.68. The van der Waals surface area contributed by atoms with Gasteiger partial charge in [-0.1, -0.05) is 41.9 Å². The molecule has 0 heterocycles. The Morgan fingerprint density at radius 1 is 1.10 bits per heavy atom. The van der Waals surface area contributed by atoms with Gasteiger partial charge in [-0.25, -0.2) is 0 Å². The molecule has 1 aliphatic carbocycles. The third kappa shape index (κ3) is 4.31. The molecule has 0 aromatic heterocycles. The molecule has 4 unspecified atom stereocenters. The van der Waals surface area contributed by atoms with Crippen LogP contribution in [0.25, 0.3) is 0 Å². The lowest BCUT2D eigenvalue weighted by Gasteiger charge is -2.35. The van der Waals surface area contributed by atoms with Gasteiger partial charge in [-0.05, 0) is 55.7 Å². The van der Waals surface area contributed by atoms with Gasteiger partial charge in [0, 0.05) is 10.5 Å². The van der Waals surface area contributed by atoms with Crippen molar-refractivity contribution >= 4 is 15.9 Å². The summed E-state index contributed by atoms with van der Waals surface area (Å²) in [4.78, 5) is 0. The summed E-state index contributed by atoms with van der Waals surface area (Å²) in [5.74, 6) is 1.50. The van der Waals surface area contributed by atoms with E-state index in [1.165, 1.54) is 12.0 Å². The maximum Gasteiger partial charge on any atom is 0.0976 e. The highest BCUT2D eigenvalue weighted by molar-refractivity contribution is 9.10. The fourth-order valence-electron chi connectivity index (χ4n) is 3.35. The molecule has 3 heteroatoms. The highest BCUT2D eigenvalue weighted by Gasteiger charge is 2.28. The van der Waals surface area contributed by atoms with E-state index in [-0.39, 0.29) is 12.1 Å². The second kappa shape index (κ2) is 7.06. The van der Waals surface area contributed by atoms with Gasteiger partial charge in [0.2, 0.25) is 0 Å². The minimum absolute atomic E-state index is 0.00344. The second-order valence-electron chi connectivity index (χ2n) is 6.51. The van der Waals surface area contributed by atoms with Crippen molar-refractivity contribution in [2.24, 2.45) is 17.6 Å². The summed E-state index contributed by atoms with van der Waals surface area (Å²) < 4.78 is 7.47. The number of hydrogen-bond donors (Lipinski definition) is 1. The predicted molar refractivity (Wildman–Crippen MR) is 87.6 cm³/mol. The lowest BCUT2D eigenvalue weighted by molar-refractivity contribution is -0.0585. The van der Waals surface area contributed by atoms with Crippen LogP contribution in [0.3, 0.4) is 0 Å². The second-order valence-corrected chi connectivity index (χ2v) is 7.42. The minimum Gasteiger partial charge on any atom is -0.369 e. The van der Waals surface area contributed by atoms with Crippen LogP contribution in [0.2, 0.25) is 0 Å². The van der Waals surface area contributed by atoms with E-state index >= 15 is 0 Å². The van der Waals surface area contributed by atoms with Crippen molar-refractivity contribution in [1.29, 1.82) is 0 Å². The average Bonchev–Trinajstić information content (AvgIpc) is 2.36. The Kier molecular flexibility index (Phi) is 5.65. The van der Waals surface area contributed by atoms with Crippen LogP contribution < -0.4 is 5.73 Å². The molecular formula is C17H26BrNO. The van der Waals surface area contributed by atoms with Crippen LogP contribution in [-0.4, -0.2) is 12.1 Å². The third-order valence-electron chi connectivity index (χ3n) is 4.15. The summed E-state index contributed by atoms with van der Waals surface area (Å²) in [5, 5.41) is 0. The van der Waals surface area contributed by atoms with Crippen LogP contribution in [0.5, 0.6) is 0 Å². The first-order valence-corrected chi connectivity index (χ1v) is 8.41. The molecule has 0 spiro atoms. The zero-order valence-electron chi connectivity index (χ0n) is 12.7. The number of halogens is 1. The molecule has 0 aliphatic heterocycles. The quantitative estimate of drug-likeness (QED) is 0.864. The number of benzene rings is 1. The smallest absolute Gasteiger partial charge is 0.0976 e. The van der Waals surface area contributed by atoms with E-state index in [9.17, 15) is 0 Å². The molecule has 1 aromatic rings. The Morgan fingerprint density at radius 2 is 1.65 bits per heavy atom. The lowest BCUT2D eigenvalue weighted by Crippen LogP contribution is -2.34. The summed E-state index contributed by atoms with van der Waals surface area (Å²) in [6.07, 6.45) is 3.97. The molecule has 1 aliphatic rings. The van der Waals surface area contributed by atoms with Gasteiger partial charge in [-0.3, -0.25) is 0 Å². The maximum absolute atomic E-state index is 6.38. The van der Waals surface area contributed by atoms with Crippen LogP contribution in [0.1, 0.15) is 51.7 Å². The Hall–Kier alpha value is -0.380. The first-order chi connectivity index (χ1) is 9.45. The fourth-order valence-corrected chi connectivity index (χ4v) is 3.61. The summed E-state index contributed by atoms with van der Waals surface area (Å²) in [6, 6.07) is 8.32. The predicted octanol–water partition coefficient (Wildman–Crippen LogP) is 4.68. The Labute approximate surface area is 131 Å². The molecule has 1 fully saturated rings. The molecule has 2 nitrogen and oxygen atoms in total. The molecule has 4 atom stereocenters. The van der Waals surface area contributed by atoms with Crippen LogP contribution in [-0.2, 0) is 4.74 Å².